The molecule has 3 fully saturated rings. The Balaban J connectivity index is 1.33. The van der Waals surface area contributed by atoms with Crippen molar-refractivity contribution in [3.63, 3.8) is 0 Å². The molecule has 6 rings (SSSR count). The van der Waals surface area contributed by atoms with Crippen molar-refractivity contribution < 1.29 is 0 Å². The third-order valence-electron chi connectivity index (χ3n) is 6.87. The maximum absolute atomic E-state index is 12.7. The zero-order valence-electron chi connectivity index (χ0n) is 17.2. The highest BCUT2D eigenvalue weighted by atomic mass is 16.1. The Bertz CT molecular complexity index is 1190. The number of fused-ring (bicyclic) bond motifs is 3. The maximum atomic E-state index is 12.7. The van der Waals surface area contributed by atoms with Crippen LogP contribution in [0.15, 0.2) is 29.5 Å². The molecule has 0 radical (unpaired) electrons. The number of piperidine rings is 1. The van der Waals surface area contributed by atoms with E-state index in [1.165, 1.54) is 6.42 Å². The fourth-order valence-corrected chi connectivity index (χ4v) is 4.82. The van der Waals surface area contributed by atoms with Crippen molar-refractivity contribution in [1.29, 1.82) is 0 Å². The fraction of sp³-hybridized carbons (Fsp3) is 0.524. The van der Waals surface area contributed by atoms with Crippen molar-refractivity contribution in [2.75, 3.05) is 17.2 Å². The molecule has 30 heavy (non-hydrogen) atoms. The minimum atomic E-state index is -0.0940. The summed E-state index contributed by atoms with van der Waals surface area (Å²) < 4.78 is 3.64. The first-order valence-electron chi connectivity index (χ1n) is 10.7. The minimum Gasteiger partial charge on any atom is -0.364 e. The third-order valence-corrected chi connectivity index (χ3v) is 6.87. The molecule has 0 amide bonds. The van der Waals surface area contributed by atoms with Gasteiger partial charge in [0.1, 0.15) is 11.2 Å². The molecule has 3 aromatic rings. The average molecular weight is 406 g/mol. The molecule has 1 saturated heterocycles. The Kier molecular flexibility index (Phi) is 3.74. The maximum Gasteiger partial charge on any atom is 0.263 e. The summed E-state index contributed by atoms with van der Waals surface area (Å²) in [6.45, 7) is 3.23. The quantitative estimate of drug-likeness (QED) is 0.597. The van der Waals surface area contributed by atoms with Gasteiger partial charge in [-0.05, 0) is 44.6 Å². The van der Waals surface area contributed by atoms with Crippen LogP contribution in [0.4, 0.5) is 17.5 Å². The van der Waals surface area contributed by atoms with Crippen LogP contribution in [0.5, 0.6) is 0 Å². The molecule has 3 unspecified atom stereocenters. The van der Waals surface area contributed by atoms with Gasteiger partial charge in [0.05, 0.1) is 23.4 Å². The molecule has 3 aromatic heterocycles. The molecule has 0 aromatic carbocycles. The van der Waals surface area contributed by atoms with Gasteiger partial charge >= 0.3 is 0 Å². The van der Waals surface area contributed by atoms with Crippen LogP contribution in [-0.4, -0.2) is 42.4 Å². The molecule has 2 aliphatic carbocycles. The molecule has 9 nitrogen and oxygen atoms in total. The summed E-state index contributed by atoms with van der Waals surface area (Å²) in [5.41, 5.74) is 1.40. The lowest BCUT2D eigenvalue weighted by Gasteiger charge is -2.22. The van der Waals surface area contributed by atoms with Crippen LogP contribution in [0.3, 0.4) is 0 Å². The average Bonchev–Trinajstić information content (AvgIpc) is 3.14. The van der Waals surface area contributed by atoms with Gasteiger partial charge < -0.3 is 20.5 Å². The molecular formula is C21H26N8O. The first-order chi connectivity index (χ1) is 14.5. The Labute approximate surface area is 173 Å². The predicted octanol–water partition coefficient (Wildman–Crippen LogP) is 2.16. The van der Waals surface area contributed by atoms with Gasteiger partial charge in [-0.2, -0.15) is 10.1 Å². The summed E-state index contributed by atoms with van der Waals surface area (Å²) in [7, 11) is 1.75. The smallest absolute Gasteiger partial charge is 0.263 e. The second-order valence-electron chi connectivity index (χ2n) is 9.31. The zero-order chi connectivity index (χ0) is 20.5. The van der Waals surface area contributed by atoms with Crippen LogP contribution in [0.25, 0.3) is 10.9 Å². The van der Waals surface area contributed by atoms with E-state index in [0.717, 1.165) is 31.5 Å². The van der Waals surface area contributed by atoms with E-state index in [1.807, 2.05) is 18.5 Å². The van der Waals surface area contributed by atoms with E-state index in [9.17, 15) is 4.79 Å². The normalized spacial score (nSPS) is 26.3. The van der Waals surface area contributed by atoms with Gasteiger partial charge in [-0.3, -0.25) is 9.48 Å². The summed E-state index contributed by atoms with van der Waals surface area (Å²) in [5, 5.41) is 15.4. The van der Waals surface area contributed by atoms with Crippen LogP contribution >= 0.6 is 0 Å². The van der Waals surface area contributed by atoms with Gasteiger partial charge in [-0.25, -0.2) is 4.98 Å². The van der Waals surface area contributed by atoms with Gasteiger partial charge in [0, 0.05) is 37.6 Å². The first-order valence-corrected chi connectivity index (χ1v) is 10.7. The van der Waals surface area contributed by atoms with Crippen molar-refractivity contribution in [3.8, 4) is 0 Å². The lowest BCUT2D eigenvalue weighted by atomic mass is 10.0. The number of hydrogen-bond donors (Lipinski definition) is 3. The topological polar surface area (TPSA) is 102 Å². The second-order valence-corrected chi connectivity index (χ2v) is 9.31. The molecule has 2 bridgehead atoms. The van der Waals surface area contributed by atoms with Crippen LogP contribution < -0.4 is 21.5 Å². The van der Waals surface area contributed by atoms with Gasteiger partial charge in [0.2, 0.25) is 5.95 Å². The highest BCUT2D eigenvalue weighted by molar-refractivity contribution is 5.89. The first kappa shape index (κ1) is 17.9. The Morgan fingerprint density at radius 2 is 2.13 bits per heavy atom. The summed E-state index contributed by atoms with van der Waals surface area (Å²) in [5.74, 6) is 1.72. The molecule has 4 heterocycles. The monoisotopic (exact) mass is 406 g/mol. The lowest BCUT2D eigenvalue weighted by molar-refractivity contribution is 0.321. The molecule has 156 valence electrons. The summed E-state index contributed by atoms with van der Waals surface area (Å²) in [6.07, 6.45) is 10.1. The van der Waals surface area contributed by atoms with E-state index in [0.29, 0.717) is 40.7 Å². The van der Waals surface area contributed by atoms with E-state index in [2.05, 4.69) is 42.6 Å². The van der Waals surface area contributed by atoms with Crippen LogP contribution in [-0.2, 0) is 7.05 Å². The number of aromatic nitrogens is 5. The molecule has 2 saturated carbocycles. The largest absolute Gasteiger partial charge is 0.364 e. The zero-order valence-corrected chi connectivity index (χ0v) is 17.2. The number of rotatable bonds is 5. The molecule has 1 aliphatic heterocycles. The molecule has 0 spiro atoms. The number of anilines is 3. The number of hydrogen-bond acceptors (Lipinski definition) is 7. The van der Waals surface area contributed by atoms with Crippen molar-refractivity contribution in [2.24, 2.45) is 13.0 Å². The number of pyridine rings is 1. The highest BCUT2D eigenvalue weighted by Gasteiger charge is 2.41. The third kappa shape index (κ3) is 2.96. The van der Waals surface area contributed by atoms with E-state index in [4.69, 9.17) is 0 Å². The van der Waals surface area contributed by atoms with Crippen molar-refractivity contribution >= 4 is 28.4 Å². The van der Waals surface area contributed by atoms with Crippen LogP contribution in [0, 0.1) is 5.92 Å². The van der Waals surface area contributed by atoms with Gasteiger partial charge in [0.15, 0.2) is 0 Å². The van der Waals surface area contributed by atoms with E-state index in [1.54, 1.807) is 17.8 Å². The van der Waals surface area contributed by atoms with Crippen molar-refractivity contribution in [1.82, 2.24) is 29.6 Å². The van der Waals surface area contributed by atoms with E-state index >= 15 is 0 Å². The molecule has 3 N–H and O–H groups in total. The Morgan fingerprint density at radius 3 is 2.87 bits per heavy atom. The summed E-state index contributed by atoms with van der Waals surface area (Å²) in [6, 6.07) is 2.94. The van der Waals surface area contributed by atoms with E-state index < -0.39 is 0 Å². The molecule has 9 heteroatoms. The Hall–Kier alpha value is -2.94. The van der Waals surface area contributed by atoms with Crippen LogP contribution in [0.2, 0.25) is 0 Å². The predicted molar refractivity (Wildman–Crippen MR) is 115 cm³/mol. The second kappa shape index (κ2) is 6.28. The minimum absolute atomic E-state index is 0.000112. The molecule has 3 atom stereocenters. The summed E-state index contributed by atoms with van der Waals surface area (Å²) >= 11 is 0. The van der Waals surface area contributed by atoms with Gasteiger partial charge in [0.25, 0.3) is 5.56 Å². The molecule has 3 aliphatic rings. The Morgan fingerprint density at radius 1 is 1.27 bits per heavy atom. The van der Waals surface area contributed by atoms with Gasteiger partial charge in [-0.15, -0.1) is 0 Å². The molecular weight excluding hydrogens is 380 g/mol. The SMILES string of the molecule is Cn1ccc2nc(Nc3cnn(C4CC5CC4CN5)c3)nc(NC3(C)CC3)c2c1=O. The van der Waals surface area contributed by atoms with Crippen molar-refractivity contribution in [3.05, 3.63) is 35.0 Å². The van der Waals surface area contributed by atoms with Crippen LogP contribution in [0.1, 0.15) is 38.6 Å². The highest BCUT2D eigenvalue weighted by Crippen LogP contribution is 2.40. The fourth-order valence-electron chi connectivity index (χ4n) is 4.82. The summed E-state index contributed by atoms with van der Waals surface area (Å²) in [4.78, 5) is 22.0. The number of aryl methyl sites for hydroxylation is 1. The van der Waals surface area contributed by atoms with Crippen molar-refractivity contribution in [2.45, 2.75) is 50.2 Å². The number of nitrogens with one attached hydrogen (secondary N) is 3. The number of nitrogens with zero attached hydrogens (tertiary/aromatic N) is 5. The standard InChI is InChI=1S/C21H26N8O/c1-21(4-5-21)27-18-17-15(3-6-28(2)19(17)30)25-20(26-18)24-14-10-23-29(11-14)16-8-13-7-12(16)9-22-13/h3,6,10-13,16,22H,4-5,7-9H2,1-2H3,(H2,24,25,26,27). The lowest BCUT2D eigenvalue weighted by Crippen LogP contribution is -2.31. The van der Waals surface area contributed by atoms with Gasteiger partial charge in [-0.1, -0.05) is 0 Å². The van der Waals surface area contributed by atoms with E-state index in [-0.39, 0.29) is 11.1 Å².